The van der Waals surface area contributed by atoms with Crippen molar-refractivity contribution >= 4 is 13.7 Å². The summed E-state index contributed by atoms with van der Waals surface area (Å²) in [5.74, 6) is -0.616. The van der Waals surface area contributed by atoms with E-state index in [0.717, 1.165) is 51.4 Å². The first kappa shape index (κ1) is 61.3. The van der Waals surface area contributed by atoms with E-state index in [1.54, 1.807) is 6.08 Å². The molecule has 0 aromatic rings. The molecule has 0 spiro atoms. The van der Waals surface area contributed by atoms with Crippen molar-refractivity contribution in [1.29, 1.82) is 0 Å². The van der Waals surface area contributed by atoms with Crippen LogP contribution in [0.3, 0.4) is 0 Å². The summed E-state index contributed by atoms with van der Waals surface area (Å²) in [6, 6.07) is -1.27. The van der Waals surface area contributed by atoms with Gasteiger partial charge < -0.3 is 46.0 Å². The molecule has 0 saturated heterocycles. The van der Waals surface area contributed by atoms with Crippen molar-refractivity contribution in [2.24, 2.45) is 0 Å². The highest BCUT2D eigenvalue weighted by atomic mass is 31.2. The molecule has 65 heavy (non-hydrogen) atoms. The molecule has 1 aliphatic rings. The van der Waals surface area contributed by atoms with E-state index in [1.165, 1.54) is 122 Å². The van der Waals surface area contributed by atoms with E-state index in [1.807, 2.05) is 0 Å². The Hall–Kier alpha value is -1.74. The predicted molar refractivity (Wildman–Crippen MR) is 261 cm³/mol. The van der Waals surface area contributed by atoms with Gasteiger partial charge in [0.1, 0.15) is 36.6 Å². The highest BCUT2D eigenvalue weighted by Gasteiger charge is 2.51. The molecular weight excluding hydrogens is 850 g/mol. The van der Waals surface area contributed by atoms with E-state index in [-0.39, 0.29) is 6.42 Å². The molecule has 0 aromatic heterocycles. The molecule has 1 saturated carbocycles. The summed E-state index contributed by atoms with van der Waals surface area (Å²) in [4.78, 5) is 23.5. The molecule has 8 atom stereocenters. The second-order valence-electron chi connectivity index (χ2n) is 18.2. The molecular formula is C51H94NO12P. The Labute approximate surface area is 393 Å². The van der Waals surface area contributed by atoms with E-state index in [2.05, 4.69) is 55.6 Å². The summed E-state index contributed by atoms with van der Waals surface area (Å²) >= 11 is 0. The third-order valence-corrected chi connectivity index (χ3v) is 13.1. The number of phosphoric acid groups is 1. The van der Waals surface area contributed by atoms with E-state index in [9.17, 15) is 50.0 Å². The summed E-state index contributed by atoms with van der Waals surface area (Å²) in [6.07, 6.45) is 34.8. The van der Waals surface area contributed by atoms with Crippen molar-refractivity contribution in [3.8, 4) is 0 Å². The predicted octanol–water partition coefficient (Wildman–Crippen LogP) is 9.48. The number of allylic oxidation sites excluding steroid dienone is 7. The zero-order chi connectivity index (χ0) is 48.0. The number of phosphoric ester groups is 1. The summed E-state index contributed by atoms with van der Waals surface area (Å²) in [5, 5.41) is 74.6. The van der Waals surface area contributed by atoms with Gasteiger partial charge in [-0.1, -0.05) is 178 Å². The lowest BCUT2D eigenvalue weighted by Gasteiger charge is -2.41. The van der Waals surface area contributed by atoms with Gasteiger partial charge in [-0.3, -0.25) is 13.8 Å². The lowest BCUT2D eigenvalue weighted by atomic mass is 9.85. The maximum atomic E-state index is 13.0. The third kappa shape index (κ3) is 31.8. The van der Waals surface area contributed by atoms with Crippen LogP contribution in [0.15, 0.2) is 48.6 Å². The zero-order valence-electron chi connectivity index (χ0n) is 40.4. The van der Waals surface area contributed by atoms with Crippen LogP contribution in [0.5, 0.6) is 0 Å². The van der Waals surface area contributed by atoms with Crippen LogP contribution in [0.25, 0.3) is 0 Å². The van der Waals surface area contributed by atoms with E-state index < -0.39 is 75.2 Å². The first-order valence-corrected chi connectivity index (χ1v) is 27.2. The van der Waals surface area contributed by atoms with Crippen LogP contribution in [0.4, 0.5) is 0 Å². The van der Waals surface area contributed by atoms with Crippen LogP contribution in [0.1, 0.15) is 206 Å². The number of hydrogen-bond acceptors (Lipinski definition) is 11. The number of hydrogen-bond donors (Lipinski definition) is 9. The SMILES string of the molecule is CCCCCCCCCCC/C=C\CCCCCC(O)CC(=O)NC(COP(=O)(O)OC1C(O)C(O)C(O)C(O)C1O)C(O)/C=C/CC/C=C/CC/C=C/CCCCCCCCCCC. The molecule has 14 heteroatoms. The second-order valence-corrected chi connectivity index (χ2v) is 19.6. The van der Waals surface area contributed by atoms with Crippen molar-refractivity contribution in [3.05, 3.63) is 48.6 Å². The standard InChI is InChI=1S/C51H94NO12P/c1-3-5-7-9-11-13-15-17-19-21-22-23-25-27-29-31-33-35-37-39-44(54)43(41-63-65(61,62)64-51-49(59)47(57)46(56)48(58)50(51)60)52-45(55)40-42(53)38-36-34-32-30-28-26-24-20-18-16-14-12-10-8-6-4-2/h22-23,26,28-29,31,37,39,42-44,46-51,53-54,56-60H,3-21,24-25,27,30,32-36,38,40-41H2,1-2H3,(H,52,55)(H,61,62)/b23-22+,28-26-,31-29+,39-37+. The average molecular weight is 944 g/mol. The normalized spacial score (nSPS) is 22.9. The molecule has 1 aliphatic carbocycles. The Balaban J connectivity index is 2.55. The van der Waals surface area contributed by atoms with Gasteiger partial charge in [0.25, 0.3) is 0 Å². The monoisotopic (exact) mass is 944 g/mol. The quantitative estimate of drug-likeness (QED) is 0.0158. The molecule has 0 heterocycles. The Kier molecular flexibility index (Phi) is 37.9. The Bertz CT molecular complexity index is 1300. The molecule has 0 aromatic carbocycles. The largest absolute Gasteiger partial charge is 0.472 e. The Morgan fingerprint density at radius 3 is 1.35 bits per heavy atom. The molecule has 0 aliphatic heterocycles. The number of rotatable bonds is 42. The van der Waals surface area contributed by atoms with E-state index in [4.69, 9.17) is 9.05 Å². The van der Waals surface area contributed by atoms with Crippen LogP contribution in [-0.4, -0.2) is 108 Å². The number of amides is 1. The van der Waals surface area contributed by atoms with E-state index in [0.29, 0.717) is 19.3 Å². The maximum Gasteiger partial charge on any atom is 0.472 e. The van der Waals surface area contributed by atoms with Gasteiger partial charge in [-0.25, -0.2) is 4.57 Å². The first-order valence-electron chi connectivity index (χ1n) is 25.7. The van der Waals surface area contributed by atoms with Crippen LogP contribution < -0.4 is 5.32 Å². The van der Waals surface area contributed by atoms with Gasteiger partial charge in [0.15, 0.2) is 0 Å². The Morgan fingerprint density at radius 1 is 0.538 bits per heavy atom. The van der Waals surface area contributed by atoms with Gasteiger partial charge >= 0.3 is 7.82 Å². The number of nitrogens with one attached hydrogen (secondary N) is 1. The van der Waals surface area contributed by atoms with Gasteiger partial charge in [0, 0.05) is 0 Å². The minimum absolute atomic E-state index is 0.267. The minimum Gasteiger partial charge on any atom is -0.393 e. The third-order valence-electron chi connectivity index (χ3n) is 12.1. The fourth-order valence-electron chi connectivity index (χ4n) is 7.91. The smallest absolute Gasteiger partial charge is 0.393 e. The van der Waals surface area contributed by atoms with Crippen molar-refractivity contribution in [3.63, 3.8) is 0 Å². The summed E-state index contributed by atoms with van der Waals surface area (Å²) in [7, 11) is -5.16. The molecule has 1 amide bonds. The molecule has 1 rings (SSSR count). The number of aliphatic hydroxyl groups is 7. The van der Waals surface area contributed by atoms with Crippen LogP contribution in [-0.2, 0) is 18.4 Å². The first-order chi connectivity index (χ1) is 31.3. The lowest BCUT2D eigenvalue weighted by molar-refractivity contribution is -0.220. The summed E-state index contributed by atoms with van der Waals surface area (Å²) < 4.78 is 22.9. The van der Waals surface area contributed by atoms with Gasteiger partial charge in [-0.05, 0) is 70.6 Å². The van der Waals surface area contributed by atoms with Gasteiger partial charge in [0.05, 0.1) is 31.3 Å². The number of carbonyl (C=O) groups excluding carboxylic acids is 1. The fourth-order valence-corrected chi connectivity index (χ4v) is 8.88. The van der Waals surface area contributed by atoms with Gasteiger partial charge in [0.2, 0.25) is 5.91 Å². The fraction of sp³-hybridized carbons (Fsp3) is 0.824. The zero-order valence-corrected chi connectivity index (χ0v) is 41.3. The molecule has 380 valence electrons. The molecule has 13 nitrogen and oxygen atoms in total. The molecule has 9 N–H and O–H groups in total. The number of carbonyl (C=O) groups is 1. The van der Waals surface area contributed by atoms with Crippen LogP contribution in [0, 0.1) is 0 Å². The summed E-state index contributed by atoms with van der Waals surface area (Å²) in [5.41, 5.74) is 0. The van der Waals surface area contributed by atoms with Crippen LogP contribution >= 0.6 is 7.82 Å². The highest BCUT2D eigenvalue weighted by molar-refractivity contribution is 7.47. The van der Waals surface area contributed by atoms with Crippen LogP contribution in [0.2, 0.25) is 0 Å². The summed E-state index contributed by atoms with van der Waals surface area (Å²) in [6.45, 7) is 3.73. The van der Waals surface area contributed by atoms with Crippen molar-refractivity contribution < 1.29 is 59.0 Å². The van der Waals surface area contributed by atoms with Crippen molar-refractivity contribution in [1.82, 2.24) is 5.32 Å². The van der Waals surface area contributed by atoms with Crippen molar-refractivity contribution in [2.45, 2.75) is 261 Å². The van der Waals surface area contributed by atoms with Gasteiger partial charge in [-0.15, -0.1) is 0 Å². The molecule has 8 unspecified atom stereocenters. The number of unbranched alkanes of at least 4 members (excludes halogenated alkanes) is 23. The second kappa shape index (κ2) is 40.2. The topological polar surface area (TPSA) is 226 Å². The number of aliphatic hydroxyl groups excluding tert-OH is 7. The maximum absolute atomic E-state index is 13.0. The highest BCUT2D eigenvalue weighted by Crippen LogP contribution is 2.47. The lowest BCUT2D eigenvalue weighted by Crippen LogP contribution is -2.64. The van der Waals surface area contributed by atoms with Gasteiger partial charge in [-0.2, -0.15) is 0 Å². The van der Waals surface area contributed by atoms with Crippen molar-refractivity contribution in [2.75, 3.05) is 6.61 Å². The molecule has 0 radical (unpaired) electrons. The molecule has 0 bridgehead atoms. The average Bonchev–Trinajstić information content (AvgIpc) is 3.28. The van der Waals surface area contributed by atoms with E-state index >= 15 is 0 Å². The minimum atomic E-state index is -5.16. The molecule has 1 fully saturated rings. The Morgan fingerprint density at radius 2 is 0.908 bits per heavy atom.